The van der Waals surface area contributed by atoms with Gasteiger partial charge in [0.15, 0.2) is 0 Å². The summed E-state index contributed by atoms with van der Waals surface area (Å²) in [5.74, 6) is 2.12. The number of fused-ring (bicyclic) bond motifs is 1. The van der Waals surface area contributed by atoms with Gasteiger partial charge in [-0.3, -0.25) is 14.5 Å². The number of amides is 2. The van der Waals surface area contributed by atoms with Crippen LogP contribution < -0.4 is 30.2 Å². The molecule has 1 atom stereocenters. The highest BCUT2D eigenvalue weighted by Crippen LogP contribution is 2.41. The summed E-state index contributed by atoms with van der Waals surface area (Å²) >= 11 is 7.23. The molecule has 0 bridgehead atoms. The molecule has 8 rings (SSSR count). The van der Waals surface area contributed by atoms with Crippen molar-refractivity contribution < 1.29 is 23.8 Å². The van der Waals surface area contributed by atoms with Crippen molar-refractivity contribution in [3.8, 4) is 45.5 Å². The third kappa shape index (κ3) is 7.33. The van der Waals surface area contributed by atoms with Crippen molar-refractivity contribution in [2.24, 2.45) is 5.41 Å². The minimum atomic E-state index is -0.365. The summed E-state index contributed by atoms with van der Waals surface area (Å²) in [5.41, 5.74) is 6.43. The highest BCUT2D eigenvalue weighted by molar-refractivity contribution is 6.36. The van der Waals surface area contributed by atoms with Gasteiger partial charge in [0.05, 0.1) is 60.4 Å². The lowest BCUT2D eigenvalue weighted by atomic mass is 9.80. The summed E-state index contributed by atoms with van der Waals surface area (Å²) in [4.78, 5) is 31.5. The fourth-order valence-electron chi connectivity index (χ4n) is 7.84. The molecule has 5 aromatic rings. The van der Waals surface area contributed by atoms with Crippen LogP contribution in [0.3, 0.4) is 0 Å². The second-order valence-electron chi connectivity index (χ2n) is 15.0. The first-order chi connectivity index (χ1) is 26.7. The zero-order chi connectivity index (χ0) is 38.3. The molecular formula is C42H46ClN7O5. The molecule has 55 heavy (non-hydrogen) atoms. The number of carbonyl (C=O) groups excluding carboxylic acids is 2. The lowest BCUT2D eigenvalue weighted by molar-refractivity contribution is -0.140. The van der Waals surface area contributed by atoms with E-state index >= 15 is 0 Å². The monoisotopic (exact) mass is 763 g/mol. The first-order valence-electron chi connectivity index (χ1n) is 18.8. The number of methoxy groups -OCH3 is 3. The largest absolute Gasteiger partial charge is 0.496 e. The summed E-state index contributed by atoms with van der Waals surface area (Å²) in [6, 6.07) is 20.4. The van der Waals surface area contributed by atoms with Gasteiger partial charge in [-0.2, -0.15) is 5.10 Å². The van der Waals surface area contributed by atoms with Crippen LogP contribution in [0.2, 0.25) is 5.02 Å². The summed E-state index contributed by atoms with van der Waals surface area (Å²) in [6.45, 7) is 5.24. The van der Waals surface area contributed by atoms with E-state index in [1.807, 2.05) is 78.5 Å². The number of pyridine rings is 1. The maximum atomic E-state index is 12.7. The third-order valence-corrected chi connectivity index (χ3v) is 11.3. The molecule has 2 aromatic heterocycles. The molecule has 2 amide bonds. The Bertz CT molecular complexity index is 2240. The lowest BCUT2D eigenvalue weighted by Gasteiger charge is -2.46. The van der Waals surface area contributed by atoms with Crippen LogP contribution in [0.25, 0.3) is 39.0 Å². The number of ether oxygens (including phenoxy) is 3. The molecule has 0 radical (unpaired) electrons. The third-order valence-electron chi connectivity index (χ3n) is 10.9. The second kappa shape index (κ2) is 15.2. The normalized spacial score (nSPS) is 17.8. The Labute approximate surface area is 325 Å². The number of hydrogen-bond donors (Lipinski definition) is 3. The van der Waals surface area contributed by atoms with Crippen molar-refractivity contribution in [3.05, 3.63) is 83.0 Å². The van der Waals surface area contributed by atoms with Crippen LogP contribution in [0.5, 0.6) is 17.4 Å². The van der Waals surface area contributed by atoms with Crippen LogP contribution in [0, 0.1) is 5.41 Å². The van der Waals surface area contributed by atoms with Gasteiger partial charge in [-0.25, -0.2) is 9.67 Å². The Morgan fingerprint density at radius 1 is 0.964 bits per heavy atom. The predicted molar refractivity (Wildman–Crippen MR) is 212 cm³/mol. The quantitative estimate of drug-likeness (QED) is 0.127. The van der Waals surface area contributed by atoms with E-state index in [4.69, 9.17) is 35.9 Å². The maximum Gasteiger partial charge on any atom is 0.228 e. The molecule has 1 saturated carbocycles. The molecule has 2 saturated heterocycles. The van der Waals surface area contributed by atoms with Gasteiger partial charge in [-0.1, -0.05) is 48.0 Å². The van der Waals surface area contributed by atoms with E-state index in [9.17, 15) is 9.59 Å². The second-order valence-corrected chi connectivity index (χ2v) is 15.4. The van der Waals surface area contributed by atoms with Crippen molar-refractivity contribution in [3.63, 3.8) is 0 Å². The zero-order valence-electron chi connectivity index (χ0n) is 31.6. The van der Waals surface area contributed by atoms with E-state index in [1.54, 1.807) is 21.3 Å². The van der Waals surface area contributed by atoms with Crippen molar-refractivity contribution in [2.75, 3.05) is 41.0 Å². The Hall–Kier alpha value is -5.17. The molecule has 1 aliphatic carbocycles. The fourth-order valence-corrected chi connectivity index (χ4v) is 8.16. The van der Waals surface area contributed by atoms with E-state index in [-0.39, 0.29) is 23.3 Å². The van der Waals surface area contributed by atoms with Crippen molar-refractivity contribution in [2.45, 2.75) is 57.8 Å². The number of likely N-dealkylation sites (tertiary alicyclic amines) is 1. The Balaban J connectivity index is 1.03. The molecule has 3 fully saturated rings. The molecule has 13 heteroatoms. The van der Waals surface area contributed by atoms with Crippen LogP contribution in [-0.4, -0.2) is 84.5 Å². The molecule has 4 heterocycles. The number of hydrogen-bond acceptors (Lipinski definition) is 9. The average molecular weight is 764 g/mol. The van der Waals surface area contributed by atoms with Gasteiger partial charge in [0.25, 0.3) is 0 Å². The molecule has 3 N–H and O–H groups in total. The van der Waals surface area contributed by atoms with Gasteiger partial charge >= 0.3 is 0 Å². The van der Waals surface area contributed by atoms with Crippen LogP contribution in [0.15, 0.2) is 66.9 Å². The highest BCUT2D eigenvalue weighted by Gasteiger charge is 2.46. The first kappa shape index (κ1) is 36.8. The van der Waals surface area contributed by atoms with Crippen LogP contribution in [0.1, 0.15) is 43.7 Å². The highest BCUT2D eigenvalue weighted by atomic mass is 35.5. The molecule has 0 unspecified atom stereocenters. The first-order valence-corrected chi connectivity index (χ1v) is 19.1. The number of benzene rings is 3. The van der Waals surface area contributed by atoms with Crippen LogP contribution in [0.4, 0.5) is 0 Å². The molecule has 12 nitrogen and oxygen atoms in total. The Morgan fingerprint density at radius 2 is 1.69 bits per heavy atom. The minimum Gasteiger partial charge on any atom is -0.496 e. The maximum absolute atomic E-state index is 12.7. The number of aromatic nitrogens is 3. The standard InChI is InChI=1S/C42H46ClN7O5/c1-42(41(52)47-26-12-13-26)23-49(24-42)22-25-11-15-34(48-40(25)55-4)31-9-5-8-30(39(31)43)29-7-6-10-35-32(29)21-45-50(35)28-17-36(53-2)33(37(18-28)54-3)20-44-19-27-14-16-38(51)46-27/h5-11,15,17-18,21,26-27,44H,12-14,16,19-20,22-24H2,1-4H3,(H,46,51)(H,47,52)/t27-/m0/s1. The average Bonchev–Trinajstić information content (AvgIpc) is 3.73. The molecular weight excluding hydrogens is 718 g/mol. The Kier molecular flexibility index (Phi) is 10.1. The lowest BCUT2D eigenvalue weighted by Crippen LogP contribution is -2.61. The Morgan fingerprint density at radius 3 is 2.38 bits per heavy atom. The summed E-state index contributed by atoms with van der Waals surface area (Å²) in [6.07, 6.45) is 5.41. The van der Waals surface area contributed by atoms with Crippen molar-refractivity contribution >= 4 is 34.3 Å². The van der Waals surface area contributed by atoms with E-state index in [1.165, 1.54) is 0 Å². The number of rotatable bonds is 14. The van der Waals surface area contributed by atoms with Gasteiger partial charge in [0.1, 0.15) is 11.5 Å². The summed E-state index contributed by atoms with van der Waals surface area (Å²) in [5, 5.41) is 15.9. The predicted octanol–water partition coefficient (Wildman–Crippen LogP) is 5.90. The number of nitrogens with zero attached hydrogens (tertiary/aromatic N) is 4. The fraction of sp³-hybridized carbons (Fsp3) is 0.381. The van der Waals surface area contributed by atoms with Crippen LogP contribution >= 0.6 is 11.6 Å². The van der Waals surface area contributed by atoms with Gasteiger partial charge in [0.2, 0.25) is 17.7 Å². The SMILES string of the molecule is COc1cc(-n2ncc3c(-c4cccc(-c5ccc(CN6CC(C)(C(=O)NC7CC7)C6)c(OC)n5)c4Cl)cccc32)cc(OC)c1CNC[C@@H]1CCC(=O)N1. The number of carbonyl (C=O) groups is 2. The molecule has 3 aromatic carbocycles. The zero-order valence-corrected chi connectivity index (χ0v) is 32.3. The van der Waals surface area contributed by atoms with E-state index in [2.05, 4.69) is 20.9 Å². The molecule has 3 aliphatic rings. The van der Waals surface area contributed by atoms with E-state index < -0.39 is 0 Å². The van der Waals surface area contributed by atoms with Crippen molar-refractivity contribution in [1.82, 2.24) is 35.6 Å². The number of halogens is 1. The topological polar surface area (TPSA) is 132 Å². The van der Waals surface area contributed by atoms with Gasteiger partial charge in [0, 0.05) is 85.4 Å². The van der Waals surface area contributed by atoms with Gasteiger partial charge in [-0.15, -0.1) is 0 Å². The number of nitrogens with one attached hydrogen (secondary N) is 3. The molecule has 2 aliphatic heterocycles. The van der Waals surface area contributed by atoms with Crippen LogP contribution in [-0.2, 0) is 22.7 Å². The smallest absolute Gasteiger partial charge is 0.228 e. The van der Waals surface area contributed by atoms with Gasteiger partial charge < -0.3 is 30.2 Å². The van der Waals surface area contributed by atoms with E-state index in [0.29, 0.717) is 73.3 Å². The molecule has 0 spiro atoms. The van der Waals surface area contributed by atoms with Gasteiger partial charge in [-0.05, 0) is 43.9 Å². The minimum absolute atomic E-state index is 0.0952. The summed E-state index contributed by atoms with van der Waals surface area (Å²) in [7, 11) is 4.92. The van der Waals surface area contributed by atoms with Crippen molar-refractivity contribution in [1.29, 1.82) is 0 Å². The summed E-state index contributed by atoms with van der Waals surface area (Å²) < 4.78 is 19.3. The van der Waals surface area contributed by atoms with E-state index in [0.717, 1.165) is 63.7 Å². The molecule has 286 valence electrons.